The third-order valence-electron chi connectivity index (χ3n) is 2.11. The molecule has 2 N–H and O–H groups in total. The molecule has 0 aromatic heterocycles. The van der Waals surface area contributed by atoms with Crippen molar-refractivity contribution in [3.05, 3.63) is 0 Å². The number of hydrogen-bond donors (Lipinski definition) is 1. The molecular formula is C16H40N2O3. The molecule has 0 amide bonds. The molecule has 0 spiro atoms. The molecule has 132 valence electrons. The molecule has 0 aliphatic heterocycles. The lowest BCUT2D eigenvalue weighted by Gasteiger charge is -2.03. The highest BCUT2D eigenvalue weighted by molar-refractivity contribution is 4.34. The van der Waals surface area contributed by atoms with E-state index >= 15 is 0 Å². The Hall–Kier alpha value is -0.200. The van der Waals surface area contributed by atoms with E-state index in [0.717, 1.165) is 26.0 Å². The molecule has 0 atom stereocenters. The van der Waals surface area contributed by atoms with Crippen LogP contribution in [-0.2, 0) is 14.2 Å². The summed E-state index contributed by atoms with van der Waals surface area (Å²) in [5.74, 6) is 0. The van der Waals surface area contributed by atoms with Gasteiger partial charge in [-0.05, 0) is 46.4 Å². The third kappa shape index (κ3) is 45.1. The fraction of sp³-hybridized carbons (Fsp3) is 1.00. The standard InChI is InChI=1S/C8H18O3.C5H13N.C3H9N/c1-3-4-10-7-8-11-6-5-9-2;1-4-5-6(2)3;1-2-3-4/h3-8H2,1-2H3;4-5H2,1-3H3;2-4H2,1H3. The normalized spacial score (nSPS) is 9.71. The largest absolute Gasteiger partial charge is 0.382 e. The molecule has 0 fully saturated rings. The molecule has 0 radical (unpaired) electrons. The SMILES string of the molecule is CCCN.CCCN(C)C.CCCOCCOCCOC. The van der Waals surface area contributed by atoms with Gasteiger partial charge in [0.2, 0.25) is 0 Å². The smallest absolute Gasteiger partial charge is 0.0701 e. The lowest BCUT2D eigenvalue weighted by molar-refractivity contribution is 0.0250. The van der Waals surface area contributed by atoms with Crippen LogP contribution in [0.1, 0.15) is 40.0 Å². The Labute approximate surface area is 133 Å². The summed E-state index contributed by atoms with van der Waals surface area (Å²) in [6.45, 7) is 11.9. The fourth-order valence-electron chi connectivity index (χ4n) is 1.06. The summed E-state index contributed by atoms with van der Waals surface area (Å²) in [5, 5.41) is 0. The summed E-state index contributed by atoms with van der Waals surface area (Å²) < 4.78 is 15.2. The molecule has 0 aliphatic carbocycles. The summed E-state index contributed by atoms with van der Waals surface area (Å²) in [6, 6.07) is 0. The van der Waals surface area contributed by atoms with E-state index in [1.807, 2.05) is 0 Å². The van der Waals surface area contributed by atoms with E-state index in [4.69, 9.17) is 19.9 Å². The first-order valence-electron chi connectivity index (χ1n) is 8.09. The van der Waals surface area contributed by atoms with Crippen molar-refractivity contribution in [1.82, 2.24) is 4.90 Å². The van der Waals surface area contributed by atoms with Crippen molar-refractivity contribution in [2.75, 3.05) is 67.3 Å². The number of ether oxygens (including phenoxy) is 3. The van der Waals surface area contributed by atoms with Gasteiger partial charge in [0.25, 0.3) is 0 Å². The maximum Gasteiger partial charge on any atom is 0.0701 e. The topological polar surface area (TPSA) is 57.0 Å². The Bertz CT molecular complexity index is 137. The van der Waals surface area contributed by atoms with Gasteiger partial charge >= 0.3 is 0 Å². The Balaban J connectivity index is -0.000000272. The minimum Gasteiger partial charge on any atom is -0.382 e. The van der Waals surface area contributed by atoms with Crippen LogP contribution in [0.15, 0.2) is 0 Å². The molecule has 0 heterocycles. The molecule has 0 aromatic carbocycles. The van der Waals surface area contributed by atoms with Crippen molar-refractivity contribution in [1.29, 1.82) is 0 Å². The molecule has 0 unspecified atom stereocenters. The van der Waals surface area contributed by atoms with Gasteiger partial charge in [-0.3, -0.25) is 0 Å². The van der Waals surface area contributed by atoms with Gasteiger partial charge < -0.3 is 24.8 Å². The van der Waals surface area contributed by atoms with Gasteiger partial charge in [0.05, 0.1) is 26.4 Å². The van der Waals surface area contributed by atoms with Crippen LogP contribution < -0.4 is 5.73 Å². The summed E-state index contributed by atoms with van der Waals surface area (Å²) in [6.07, 6.45) is 3.42. The molecule has 0 saturated carbocycles. The summed E-state index contributed by atoms with van der Waals surface area (Å²) >= 11 is 0. The first-order valence-corrected chi connectivity index (χ1v) is 8.09. The van der Waals surface area contributed by atoms with E-state index in [1.165, 1.54) is 13.0 Å². The molecule has 0 aliphatic rings. The Morgan fingerprint density at radius 2 is 1.24 bits per heavy atom. The number of rotatable bonds is 11. The van der Waals surface area contributed by atoms with E-state index in [-0.39, 0.29) is 0 Å². The van der Waals surface area contributed by atoms with E-state index in [2.05, 4.69) is 39.8 Å². The lowest BCUT2D eigenvalue weighted by Crippen LogP contribution is -2.11. The molecular weight excluding hydrogens is 268 g/mol. The maximum atomic E-state index is 5.20. The Morgan fingerprint density at radius 3 is 1.52 bits per heavy atom. The van der Waals surface area contributed by atoms with Gasteiger partial charge in [-0.15, -0.1) is 0 Å². The van der Waals surface area contributed by atoms with Crippen LogP contribution in [0.5, 0.6) is 0 Å². The van der Waals surface area contributed by atoms with Crippen LogP contribution in [0, 0.1) is 0 Å². The zero-order valence-electron chi connectivity index (χ0n) is 15.3. The number of nitrogens with two attached hydrogens (primary N) is 1. The van der Waals surface area contributed by atoms with Gasteiger partial charge in [0.1, 0.15) is 0 Å². The first-order chi connectivity index (χ1) is 10.1. The predicted octanol–water partition coefficient (Wildman–Crippen LogP) is 2.39. The highest BCUT2D eigenvalue weighted by atomic mass is 16.5. The average Bonchev–Trinajstić information content (AvgIpc) is 2.47. The Kier molecular flexibility index (Phi) is 34.4. The summed E-state index contributed by atoms with van der Waals surface area (Å²) in [5.41, 5.74) is 5.03. The fourth-order valence-corrected chi connectivity index (χ4v) is 1.06. The van der Waals surface area contributed by atoms with Gasteiger partial charge in [-0.2, -0.15) is 0 Å². The van der Waals surface area contributed by atoms with E-state index in [9.17, 15) is 0 Å². The molecule has 21 heavy (non-hydrogen) atoms. The molecule has 0 saturated heterocycles. The van der Waals surface area contributed by atoms with Crippen LogP contribution in [0.4, 0.5) is 0 Å². The Morgan fingerprint density at radius 1 is 0.762 bits per heavy atom. The number of hydrogen-bond acceptors (Lipinski definition) is 5. The summed E-state index contributed by atoms with van der Waals surface area (Å²) in [7, 11) is 5.84. The average molecular weight is 309 g/mol. The van der Waals surface area contributed by atoms with Gasteiger partial charge in [0, 0.05) is 13.7 Å². The van der Waals surface area contributed by atoms with Gasteiger partial charge in [-0.1, -0.05) is 20.8 Å². The van der Waals surface area contributed by atoms with Gasteiger partial charge in [0.15, 0.2) is 0 Å². The number of methoxy groups -OCH3 is 1. The second-order valence-electron chi connectivity index (χ2n) is 4.81. The van der Waals surface area contributed by atoms with E-state index < -0.39 is 0 Å². The van der Waals surface area contributed by atoms with E-state index in [0.29, 0.717) is 26.4 Å². The van der Waals surface area contributed by atoms with Crippen molar-refractivity contribution >= 4 is 0 Å². The molecule has 5 nitrogen and oxygen atoms in total. The third-order valence-corrected chi connectivity index (χ3v) is 2.11. The van der Waals surface area contributed by atoms with Crippen LogP contribution in [0.2, 0.25) is 0 Å². The highest BCUT2D eigenvalue weighted by Crippen LogP contribution is 1.81. The van der Waals surface area contributed by atoms with Crippen molar-refractivity contribution < 1.29 is 14.2 Å². The minimum absolute atomic E-state index is 0.659. The van der Waals surface area contributed by atoms with E-state index in [1.54, 1.807) is 7.11 Å². The monoisotopic (exact) mass is 308 g/mol. The zero-order chi connectivity index (χ0) is 16.8. The zero-order valence-corrected chi connectivity index (χ0v) is 15.3. The van der Waals surface area contributed by atoms with Crippen LogP contribution >= 0.6 is 0 Å². The molecule has 0 aromatic rings. The quantitative estimate of drug-likeness (QED) is 0.594. The van der Waals surface area contributed by atoms with Crippen LogP contribution in [-0.4, -0.2) is 72.2 Å². The second kappa shape index (κ2) is 28.0. The second-order valence-corrected chi connectivity index (χ2v) is 4.81. The minimum atomic E-state index is 0.659. The maximum absolute atomic E-state index is 5.20. The van der Waals surface area contributed by atoms with Crippen LogP contribution in [0.3, 0.4) is 0 Å². The molecule has 0 bridgehead atoms. The molecule has 0 rings (SSSR count). The van der Waals surface area contributed by atoms with Crippen molar-refractivity contribution in [2.45, 2.75) is 40.0 Å². The van der Waals surface area contributed by atoms with Gasteiger partial charge in [-0.25, -0.2) is 0 Å². The molecule has 5 heteroatoms. The van der Waals surface area contributed by atoms with Crippen molar-refractivity contribution in [2.24, 2.45) is 5.73 Å². The van der Waals surface area contributed by atoms with Crippen molar-refractivity contribution in [3.8, 4) is 0 Å². The predicted molar refractivity (Wildman–Crippen MR) is 92.0 cm³/mol. The number of nitrogens with zero attached hydrogens (tertiary/aromatic N) is 1. The first kappa shape index (κ1) is 25.7. The van der Waals surface area contributed by atoms with Crippen LogP contribution in [0.25, 0.3) is 0 Å². The van der Waals surface area contributed by atoms with Crippen molar-refractivity contribution in [3.63, 3.8) is 0 Å². The summed E-state index contributed by atoms with van der Waals surface area (Å²) in [4.78, 5) is 2.18. The lowest BCUT2D eigenvalue weighted by atomic mass is 10.5. The highest BCUT2D eigenvalue weighted by Gasteiger charge is 1.87.